The Morgan fingerprint density at radius 2 is 1.88 bits per heavy atom. The molecule has 0 aromatic heterocycles. The van der Waals surface area contributed by atoms with Crippen LogP contribution in [0.2, 0.25) is 0 Å². The molecule has 1 nitrogen and oxygen atoms in total. The van der Waals surface area contributed by atoms with Crippen LogP contribution in [0, 0.1) is 0 Å². The lowest BCUT2D eigenvalue weighted by atomic mass is 9.83. The number of rotatable bonds is 0. The van der Waals surface area contributed by atoms with Crippen LogP contribution in [0.3, 0.4) is 0 Å². The topological polar surface area (TPSA) is 26.0 Å². The molecular formula is C15H16BrN. The fourth-order valence-corrected chi connectivity index (χ4v) is 3.75. The van der Waals surface area contributed by atoms with E-state index in [2.05, 4.69) is 60.1 Å². The maximum absolute atomic E-state index is 6.26. The zero-order valence-electron chi connectivity index (χ0n) is 10.1. The van der Waals surface area contributed by atoms with E-state index in [1.54, 1.807) is 0 Å². The first kappa shape index (κ1) is 11.2. The minimum Gasteiger partial charge on any atom is -0.324 e. The van der Waals surface area contributed by atoms with Crippen molar-refractivity contribution < 1.29 is 0 Å². The van der Waals surface area contributed by atoms with Crippen molar-refractivity contribution >= 4 is 26.7 Å². The van der Waals surface area contributed by atoms with E-state index in [1.807, 2.05) is 0 Å². The predicted molar refractivity (Wildman–Crippen MR) is 76.2 cm³/mol. The lowest BCUT2D eigenvalue weighted by molar-refractivity contribution is 0.483. The molecule has 3 rings (SSSR count). The highest BCUT2D eigenvalue weighted by Gasteiger charge is 2.36. The van der Waals surface area contributed by atoms with Gasteiger partial charge in [0.25, 0.3) is 0 Å². The van der Waals surface area contributed by atoms with Crippen molar-refractivity contribution in [1.82, 2.24) is 0 Å². The van der Waals surface area contributed by atoms with Crippen molar-refractivity contribution in [3.8, 4) is 0 Å². The molecule has 0 saturated carbocycles. The maximum Gasteiger partial charge on any atom is 0.0306 e. The summed E-state index contributed by atoms with van der Waals surface area (Å²) in [6.45, 7) is 4.58. The first-order valence-corrected chi connectivity index (χ1v) is 6.77. The highest BCUT2D eigenvalue weighted by molar-refractivity contribution is 9.10. The van der Waals surface area contributed by atoms with Crippen molar-refractivity contribution in [2.45, 2.75) is 31.7 Å². The molecule has 0 amide bonds. The summed E-state index contributed by atoms with van der Waals surface area (Å²) in [6, 6.07) is 10.9. The molecule has 0 bridgehead atoms. The van der Waals surface area contributed by atoms with Crippen LogP contribution in [0.15, 0.2) is 34.8 Å². The van der Waals surface area contributed by atoms with Gasteiger partial charge in [0.15, 0.2) is 0 Å². The molecule has 2 aromatic rings. The molecule has 0 heterocycles. The van der Waals surface area contributed by atoms with E-state index < -0.39 is 0 Å². The molecule has 1 atom stereocenters. The quantitative estimate of drug-likeness (QED) is 0.770. The Hall–Kier alpha value is -0.860. The van der Waals surface area contributed by atoms with Gasteiger partial charge in [-0.25, -0.2) is 0 Å². The number of hydrogen-bond acceptors (Lipinski definition) is 1. The Balaban J connectivity index is 2.47. The summed E-state index contributed by atoms with van der Waals surface area (Å²) in [5.41, 5.74) is 9.18. The third kappa shape index (κ3) is 1.54. The van der Waals surface area contributed by atoms with Gasteiger partial charge >= 0.3 is 0 Å². The van der Waals surface area contributed by atoms with Gasteiger partial charge in [-0.15, -0.1) is 0 Å². The second kappa shape index (κ2) is 3.56. The van der Waals surface area contributed by atoms with E-state index in [-0.39, 0.29) is 11.5 Å². The van der Waals surface area contributed by atoms with Crippen molar-refractivity contribution in [3.63, 3.8) is 0 Å². The van der Waals surface area contributed by atoms with E-state index >= 15 is 0 Å². The molecule has 1 aliphatic carbocycles. The lowest BCUT2D eigenvalue weighted by Crippen LogP contribution is -2.14. The van der Waals surface area contributed by atoms with E-state index in [4.69, 9.17) is 5.73 Å². The van der Waals surface area contributed by atoms with Gasteiger partial charge in [0, 0.05) is 10.5 Å². The molecule has 0 saturated heterocycles. The van der Waals surface area contributed by atoms with E-state index in [0.29, 0.717) is 0 Å². The van der Waals surface area contributed by atoms with Crippen LogP contribution in [0.4, 0.5) is 0 Å². The van der Waals surface area contributed by atoms with Crippen molar-refractivity contribution in [2.75, 3.05) is 0 Å². The van der Waals surface area contributed by atoms with Crippen LogP contribution in [0.1, 0.15) is 37.4 Å². The van der Waals surface area contributed by atoms with Crippen molar-refractivity contribution in [1.29, 1.82) is 0 Å². The molecule has 0 radical (unpaired) electrons. The Kier molecular flexibility index (Phi) is 2.36. The van der Waals surface area contributed by atoms with Gasteiger partial charge in [0.05, 0.1) is 0 Å². The molecule has 0 spiro atoms. The van der Waals surface area contributed by atoms with Crippen LogP contribution in [-0.4, -0.2) is 0 Å². The normalized spacial score (nSPS) is 21.8. The van der Waals surface area contributed by atoms with Crippen LogP contribution in [-0.2, 0) is 5.41 Å². The number of nitrogens with two attached hydrogens (primary N) is 1. The van der Waals surface area contributed by atoms with Crippen LogP contribution in [0.5, 0.6) is 0 Å². The summed E-state index contributed by atoms with van der Waals surface area (Å²) < 4.78 is 1.15. The van der Waals surface area contributed by atoms with Gasteiger partial charge in [-0.2, -0.15) is 0 Å². The monoisotopic (exact) mass is 289 g/mol. The van der Waals surface area contributed by atoms with Crippen LogP contribution in [0.25, 0.3) is 10.8 Å². The third-order valence-corrected chi connectivity index (χ3v) is 4.49. The smallest absolute Gasteiger partial charge is 0.0306 e. The SMILES string of the molecule is CC1(C)C[C@H](N)c2cc(Br)c3ccccc3c21. The van der Waals surface area contributed by atoms with E-state index in [1.165, 1.54) is 21.9 Å². The maximum atomic E-state index is 6.26. The summed E-state index contributed by atoms with van der Waals surface area (Å²) in [4.78, 5) is 0. The molecule has 2 N–H and O–H groups in total. The Morgan fingerprint density at radius 3 is 2.59 bits per heavy atom. The lowest BCUT2D eigenvalue weighted by Gasteiger charge is -2.21. The summed E-state index contributed by atoms with van der Waals surface area (Å²) in [7, 11) is 0. The minimum atomic E-state index is 0.168. The zero-order chi connectivity index (χ0) is 12.2. The van der Waals surface area contributed by atoms with Gasteiger partial charge in [-0.1, -0.05) is 54.0 Å². The Labute approximate surface area is 110 Å². The standard InChI is InChI=1S/C15H16BrN/c1-15(2)8-13(17)11-7-12(16)9-5-3-4-6-10(9)14(11)15/h3-7,13H,8,17H2,1-2H3/t13-/m0/s1. The van der Waals surface area contributed by atoms with Gasteiger partial charge < -0.3 is 5.73 Å². The summed E-state index contributed by atoms with van der Waals surface area (Å²) in [5, 5.41) is 2.63. The third-order valence-electron chi connectivity index (χ3n) is 3.83. The molecule has 0 fully saturated rings. The molecular weight excluding hydrogens is 274 g/mol. The second-order valence-electron chi connectivity index (χ2n) is 5.56. The number of hydrogen-bond donors (Lipinski definition) is 1. The Morgan fingerprint density at radius 1 is 1.24 bits per heavy atom. The number of fused-ring (bicyclic) bond motifs is 3. The first-order valence-electron chi connectivity index (χ1n) is 5.98. The molecule has 88 valence electrons. The predicted octanol–water partition coefficient (Wildman–Crippen LogP) is 4.28. The highest BCUT2D eigenvalue weighted by Crippen LogP contribution is 2.48. The molecule has 0 aliphatic heterocycles. The molecule has 2 heteroatoms. The van der Waals surface area contributed by atoms with Gasteiger partial charge in [0.2, 0.25) is 0 Å². The summed E-state index contributed by atoms with van der Waals surface area (Å²) in [5.74, 6) is 0. The Bertz CT molecular complexity index is 601. The second-order valence-corrected chi connectivity index (χ2v) is 6.42. The van der Waals surface area contributed by atoms with Crippen LogP contribution < -0.4 is 5.73 Å². The summed E-state index contributed by atoms with van der Waals surface area (Å²) in [6.07, 6.45) is 1.03. The van der Waals surface area contributed by atoms with Gasteiger partial charge in [-0.3, -0.25) is 0 Å². The van der Waals surface area contributed by atoms with E-state index in [0.717, 1.165) is 10.9 Å². The minimum absolute atomic E-state index is 0.168. The van der Waals surface area contributed by atoms with Crippen molar-refractivity contribution in [3.05, 3.63) is 45.9 Å². The fraction of sp³-hybridized carbons (Fsp3) is 0.333. The van der Waals surface area contributed by atoms with Gasteiger partial charge in [-0.05, 0) is 39.8 Å². The fourth-order valence-electron chi connectivity index (χ4n) is 3.16. The molecule has 0 unspecified atom stereocenters. The molecule has 17 heavy (non-hydrogen) atoms. The van der Waals surface area contributed by atoms with Crippen LogP contribution >= 0.6 is 15.9 Å². The first-order chi connectivity index (χ1) is 8.00. The average molecular weight is 290 g/mol. The summed E-state index contributed by atoms with van der Waals surface area (Å²) >= 11 is 3.66. The molecule has 1 aliphatic rings. The van der Waals surface area contributed by atoms with Gasteiger partial charge in [0.1, 0.15) is 0 Å². The van der Waals surface area contributed by atoms with Crippen molar-refractivity contribution in [2.24, 2.45) is 5.73 Å². The number of benzene rings is 2. The average Bonchev–Trinajstić information content (AvgIpc) is 2.49. The largest absolute Gasteiger partial charge is 0.324 e. The number of halogens is 1. The zero-order valence-corrected chi connectivity index (χ0v) is 11.7. The highest BCUT2D eigenvalue weighted by atomic mass is 79.9. The van der Waals surface area contributed by atoms with E-state index in [9.17, 15) is 0 Å². The molecule has 2 aromatic carbocycles.